The maximum absolute atomic E-state index is 2.81. The maximum atomic E-state index is 2.81. The van der Waals surface area contributed by atoms with Crippen LogP contribution in [-0.2, 0) is 0 Å². The van der Waals surface area contributed by atoms with Crippen molar-refractivity contribution >= 4 is 0 Å². The minimum atomic E-state index is 0. The molecule has 81 heavy (non-hydrogen) atoms. The summed E-state index contributed by atoms with van der Waals surface area (Å²) in [5.74, 6) is 0. The summed E-state index contributed by atoms with van der Waals surface area (Å²) in [6.45, 7) is 16.8. The Kier molecular flexibility index (Phi) is 64.0. The molecule has 490 valence electrons. The minimum absolute atomic E-state index is 0. The van der Waals surface area contributed by atoms with Crippen LogP contribution in [-0.4, -0.2) is 31.2 Å². The van der Waals surface area contributed by atoms with Gasteiger partial charge in [-0.15, -0.1) is 0 Å². The minimum Gasteiger partial charge on any atom is -1.00 e. The molecule has 0 heterocycles. The molecule has 0 fully saturated rings. The van der Waals surface area contributed by atoms with Gasteiger partial charge in [-0.1, -0.05) is 414 Å². The van der Waals surface area contributed by atoms with Gasteiger partial charge < -0.3 is 21.5 Å². The first-order chi connectivity index (χ1) is 39.2. The molecule has 0 rings (SSSR count). The molecule has 0 unspecified atom stereocenters. The van der Waals surface area contributed by atoms with Gasteiger partial charge in [-0.25, -0.2) is 0 Å². The van der Waals surface area contributed by atoms with E-state index in [4.69, 9.17) is 0 Å². The van der Waals surface area contributed by atoms with Crippen LogP contribution in [0.25, 0.3) is 0 Å². The lowest BCUT2D eigenvalue weighted by atomic mass is 9.44. The van der Waals surface area contributed by atoms with E-state index in [0.29, 0.717) is 16.4 Å². The highest BCUT2D eigenvalue weighted by atomic mass is 79.9. The molecule has 0 aromatic carbocycles. The largest absolute Gasteiger partial charge is 1.00 e. The molecule has 0 atom stereocenters. The first-order valence-corrected chi connectivity index (χ1v) is 39.0. The summed E-state index contributed by atoms with van der Waals surface area (Å²) in [4.78, 5) is 0. The monoisotopic (exact) mass is 1200 g/mol. The van der Waals surface area contributed by atoms with Crippen molar-refractivity contribution in [2.75, 3.05) is 21.1 Å². The Balaban J connectivity index is 0. The Bertz CT molecular complexity index is 1110. The molecular weight excluding hydrogens is 1040 g/mol. The molecular formula is C79H162BrN. The third kappa shape index (κ3) is 42.9. The lowest BCUT2D eigenvalue weighted by Gasteiger charge is -2.66. The summed E-state index contributed by atoms with van der Waals surface area (Å²) in [5, 5.41) is 0. The van der Waals surface area contributed by atoms with E-state index in [-0.39, 0.29) is 17.0 Å². The predicted molar refractivity (Wildman–Crippen MR) is 370 cm³/mol. The van der Waals surface area contributed by atoms with E-state index in [1.54, 1.807) is 19.3 Å². The topological polar surface area (TPSA) is 0 Å². The molecule has 0 aliphatic carbocycles. The van der Waals surface area contributed by atoms with Crippen molar-refractivity contribution in [1.82, 2.24) is 0 Å². The number of hydrogen-bond donors (Lipinski definition) is 0. The van der Waals surface area contributed by atoms with Gasteiger partial charge in [0.15, 0.2) is 0 Å². The van der Waals surface area contributed by atoms with Crippen LogP contribution in [0.3, 0.4) is 0 Å². The van der Waals surface area contributed by atoms with Gasteiger partial charge in [0.05, 0.1) is 21.1 Å². The molecule has 0 radical (unpaired) electrons. The van der Waals surface area contributed by atoms with Crippen LogP contribution in [0, 0.1) is 10.8 Å². The van der Waals surface area contributed by atoms with E-state index < -0.39 is 0 Å². The van der Waals surface area contributed by atoms with E-state index in [2.05, 4.69) is 69.6 Å². The molecule has 0 aromatic rings. The van der Waals surface area contributed by atoms with Crippen molar-refractivity contribution in [3.8, 4) is 0 Å². The summed E-state index contributed by atoms with van der Waals surface area (Å²) >= 11 is 0. The highest BCUT2D eigenvalue weighted by molar-refractivity contribution is 5.10. The SMILES string of the molecule is CCCCCCCCCCCCCC(CCCCCCCCCC)(CCCCCCCCCC)C(CCCCCCCCCC)(CCCCCCCCCC)C(CCCCCCCCCC)(CCCCCCCCCC)[N+](C)(C)C.[Br-]. The Hall–Kier alpha value is 0.440. The molecule has 0 saturated heterocycles. The van der Waals surface area contributed by atoms with Gasteiger partial charge in [-0.05, 0) is 50.4 Å². The fraction of sp³-hybridized carbons (Fsp3) is 1.00. The normalized spacial score (nSPS) is 12.5. The highest BCUT2D eigenvalue weighted by Crippen LogP contribution is 2.66. The van der Waals surface area contributed by atoms with Crippen molar-refractivity contribution in [2.24, 2.45) is 10.8 Å². The van der Waals surface area contributed by atoms with Crippen molar-refractivity contribution < 1.29 is 21.5 Å². The zero-order chi connectivity index (χ0) is 58.7. The average Bonchev–Trinajstić information content (AvgIpc) is 3.49. The van der Waals surface area contributed by atoms with Gasteiger partial charge in [0, 0.05) is 18.3 Å². The number of nitrogens with zero attached hydrogens (tertiary/aromatic N) is 1. The average molecular weight is 1210 g/mol. The van der Waals surface area contributed by atoms with Crippen LogP contribution >= 0.6 is 0 Å². The van der Waals surface area contributed by atoms with Gasteiger partial charge in [-0.2, -0.15) is 0 Å². The molecule has 0 N–H and O–H groups in total. The Morgan fingerprint density at radius 2 is 0.309 bits per heavy atom. The molecule has 1 nitrogen and oxygen atoms in total. The lowest BCUT2D eigenvalue weighted by molar-refractivity contribution is -0.937. The van der Waals surface area contributed by atoms with Crippen molar-refractivity contribution in [3.05, 3.63) is 0 Å². The highest BCUT2D eigenvalue weighted by Gasteiger charge is 2.65. The Morgan fingerprint density at radius 1 is 0.173 bits per heavy atom. The van der Waals surface area contributed by atoms with Crippen molar-refractivity contribution in [2.45, 2.75) is 478 Å². The predicted octanol–water partition coefficient (Wildman–Crippen LogP) is 26.3. The van der Waals surface area contributed by atoms with Gasteiger partial charge in [0.2, 0.25) is 0 Å². The van der Waals surface area contributed by atoms with Crippen LogP contribution in [0.4, 0.5) is 0 Å². The number of rotatable bonds is 69. The quantitative estimate of drug-likeness (QED) is 0.0421. The zero-order valence-corrected chi connectivity index (χ0v) is 60.6. The maximum Gasteiger partial charge on any atom is 0.105 e. The molecule has 0 aliphatic rings. The molecule has 0 bridgehead atoms. The van der Waals surface area contributed by atoms with Crippen LogP contribution < -0.4 is 17.0 Å². The summed E-state index contributed by atoms with van der Waals surface area (Å²) in [5.41, 5.74) is 1.13. The van der Waals surface area contributed by atoms with E-state index in [9.17, 15) is 0 Å². The second kappa shape index (κ2) is 62.1. The van der Waals surface area contributed by atoms with Gasteiger partial charge in [0.1, 0.15) is 5.54 Å². The molecule has 0 amide bonds. The van der Waals surface area contributed by atoms with Crippen LogP contribution in [0.15, 0.2) is 0 Å². The Morgan fingerprint density at radius 3 is 0.469 bits per heavy atom. The molecule has 0 saturated carbocycles. The number of unbranched alkanes of at least 4 members (excludes halogenated alkanes) is 52. The first kappa shape index (κ1) is 83.5. The third-order valence-corrected chi connectivity index (χ3v) is 21.3. The van der Waals surface area contributed by atoms with Crippen LogP contribution in [0.5, 0.6) is 0 Å². The Labute approximate surface area is 528 Å². The second-order valence-corrected chi connectivity index (χ2v) is 29.0. The fourth-order valence-corrected chi connectivity index (χ4v) is 16.2. The number of halogens is 1. The summed E-state index contributed by atoms with van der Waals surface area (Å²) in [6.07, 6.45) is 96.7. The number of hydrogen-bond acceptors (Lipinski definition) is 0. The first-order valence-electron chi connectivity index (χ1n) is 39.0. The third-order valence-electron chi connectivity index (χ3n) is 21.3. The van der Waals surface area contributed by atoms with Gasteiger partial charge in [0.25, 0.3) is 0 Å². The van der Waals surface area contributed by atoms with E-state index in [1.165, 1.54) is 409 Å². The zero-order valence-electron chi connectivity index (χ0n) is 59.0. The second-order valence-electron chi connectivity index (χ2n) is 29.0. The van der Waals surface area contributed by atoms with Crippen molar-refractivity contribution in [3.63, 3.8) is 0 Å². The van der Waals surface area contributed by atoms with Gasteiger partial charge in [-0.3, -0.25) is 0 Å². The summed E-state index contributed by atoms with van der Waals surface area (Å²) < 4.78 is 1.21. The fourth-order valence-electron chi connectivity index (χ4n) is 16.2. The van der Waals surface area contributed by atoms with Crippen LogP contribution in [0.1, 0.15) is 472 Å². The van der Waals surface area contributed by atoms with E-state index in [0.717, 1.165) is 0 Å². The summed E-state index contributed by atoms with van der Waals surface area (Å²) in [7, 11) is 8.43. The van der Waals surface area contributed by atoms with E-state index in [1.807, 2.05) is 0 Å². The molecule has 0 aliphatic heterocycles. The van der Waals surface area contributed by atoms with Crippen molar-refractivity contribution in [1.29, 1.82) is 0 Å². The molecule has 2 heteroatoms. The van der Waals surface area contributed by atoms with E-state index >= 15 is 0 Å². The molecule has 0 aromatic heterocycles. The van der Waals surface area contributed by atoms with Gasteiger partial charge >= 0.3 is 0 Å². The van der Waals surface area contributed by atoms with Crippen LogP contribution in [0.2, 0.25) is 0 Å². The molecule has 0 spiro atoms. The lowest BCUT2D eigenvalue weighted by Crippen LogP contribution is -3.00. The smallest absolute Gasteiger partial charge is 0.105 e. The number of quaternary nitrogens is 1. The summed E-state index contributed by atoms with van der Waals surface area (Å²) in [6, 6.07) is 0. The standard InChI is InChI=1S/C79H162N.BrH/c1-11-18-25-32-39-46-47-48-51-58-65-72-77(70-63-56-49-40-33-26-19-12-2,71-64-57-50-41-34-27-20-13-3)78(73-66-59-52-42-35-28-21-14-4,74-67-60-53-43-36-29-22-15-5)79(80(8,9)10,75-68-61-54-44-37-30-23-16-6)76-69-62-55-45-38-31-24-17-7;/h11-76H2,1-10H3;1H/q+1;/p-1.